The molecule has 0 spiro atoms. The molecule has 15 heteroatoms. The number of carbonyl (C=O) groups is 2. The van der Waals surface area contributed by atoms with Gasteiger partial charge in [0, 0.05) is 41.5 Å². The number of hydrogen-bond acceptors (Lipinski definition) is 8. The van der Waals surface area contributed by atoms with E-state index in [1.54, 1.807) is 6.92 Å². The van der Waals surface area contributed by atoms with Gasteiger partial charge in [0.1, 0.15) is 5.69 Å². The van der Waals surface area contributed by atoms with Gasteiger partial charge in [-0.1, -0.05) is 29.8 Å². The first-order valence-corrected chi connectivity index (χ1v) is 13.4. The number of carbonyl (C=O) groups excluding carboxylic acids is 2. The zero-order chi connectivity index (χ0) is 30.4. The fourth-order valence-corrected chi connectivity index (χ4v) is 5.21. The molecule has 1 aliphatic carbocycles. The molecule has 2 aliphatic rings. The van der Waals surface area contributed by atoms with Crippen molar-refractivity contribution in [2.75, 3.05) is 16.8 Å². The van der Waals surface area contributed by atoms with Crippen LogP contribution in [0.25, 0.3) is 11.3 Å². The van der Waals surface area contributed by atoms with Crippen LogP contribution in [0.4, 0.5) is 24.8 Å². The molecule has 4 aromatic rings. The number of fused-ring (bicyclic) bond motifs is 1. The molecule has 0 bridgehead atoms. The average molecular weight is 611 g/mol. The summed E-state index contributed by atoms with van der Waals surface area (Å²) >= 11 is 5.80. The van der Waals surface area contributed by atoms with Crippen molar-refractivity contribution in [1.82, 2.24) is 29.7 Å². The predicted molar refractivity (Wildman–Crippen MR) is 148 cm³/mol. The van der Waals surface area contributed by atoms with Gasteiger partial charge in [-0.15, -0.1) is 0 Å². The van der Waals surface area contributed by atoms with Crippen LogP contribution in [0, 0.1) is 17.7 Å². The van der Waals surface area contributed by atoms with Gasteiger partial charge in [-0.05, 0) is 13.0 Å². The van der Waals surface area contributed by atoms with Gasteiger partial charge in [-0.2, -0.15) is 5.10 Å². The Morgan fingerprint density at radius 1 is 1.16 bits per heavy atom. The summed E-state index contributed by atoms with van der Waals surface area (Å²) in [6.07, 6.45) is 7.41. The molecule has 3 aromatic heterocycles. The molecule has 11 nitrogen and oxygen atoms in total. The molecule has 1 fully saturated rings. The van der Waals surface area contributed by atoms with Gasteiger partial charge in [-0.3, -0.25) is 24.2 Å². The van der Waals surface area contributed by atoms with Crippen molar-refractivity contribution in [2.24, 2.45) is 11.8 Å². The number of nitrogens with one attached hydrogen (secondary N) is 1. The van der Waals surface area contributed by atoms with E-state index in [0.717, 1.165) is 24.5 Å². The summed E-state index contributed by atoms with van der Waals surface area (Å²) in [5.41, 5.74) is -0.591. The van der Waals surface area contributed by atoms with Crippen LogP contribution in [0.15, 0.2) is 55.3 Å². The van der Waals surface area contributed by atoms with E-state index in [1.807, 2.05) is 12.2 Å². The first-order valence-electron chi connectivity index (χ1n) is 13.1. The minimum absolute atomic E-state index is 0.0768. The fraction of sp³-hybridized carbons (Fsp3) is 0.250. The molecule has 6 rings (SSSR count). The lowest BCUT2D eigenvalue weighted by Crippen LogP contribution is -2.29. The average Bonchev–Trinajstić information content (AvgIpc) is 3.54. The number of rotatable bonds is 8. The van der Waals surface area contributed by atoms with E-state index in [-0.39, 0.29) is 45.8 Å². The molecule has 1 unspecified atom stereocenters. The normalized spacial score (nSPS) is 18.1. The molecular weight excluding hydrogens is 589 g/mol. The summed E-state index contributed by atoms with van der Waals surface area (Å²) in [7, 11) is 0. The molecule has 1 aliphatic heterocycles. The summed E-state index contributed by atoms with van der Waals surface area (Å²) < 4.78 is 43.4. The molecule has 220 valence electrons. The molecule has 2 amide bonds. The molecule has 2 N–H and O–H groups in total. The first kappa shape index (κ1) is 28.4. The Labute approximate surface area is 247 Å². The number of aliphatic hydroxyl groups is 1. The standard InChI is InChI=1S/C28H22ClF3N8O3/c1-13(18-7-34-28(38-22(18)12-41)39-10-14-2-3-16(14)27(39)43)40-11-15(6-35-40)36-26(42)21-9-33-8-20(37-21)23-17(25(31)32)4-5-19(29)24(23)30/h2-9,11,13-14,16,25,41H,10,12H2,1H3,(H,36,42)/t13?,14-,16-/m1/s1. The molecule has 3 atom stereocenters. The second-order valence-electron chi connectivity index (χ2n) is 10.0. The third-order valence-corrected chi connectivity index (χ3v) is 7.73. The molecule has 4 heterocycles. The van der Waals surface area contributed by atoms with E-state index in [0.29, 0.717) is 17.8 Å². The Hall–Kier alpha value is -4.69. The Bertz CT molecular complexity index is 1780. The molecule has 43 heavy (non-hydrogen) atoms. The third-order valence-electron chi connectivity index (χ3n) is 7.44. The summed E-state index contributed by atoms with van der Waals surface area (Å²) in [5.74, 6) is -1.71. The highest BCUT2D eigenvalue weighted by molar-refractivity contribution is 6.31. The number of amides is 2. The highest BCUT2D eigenvalue weighted by Crippen LogP contribution is 2.37. The SMILES string of the molecule is CC(c1cnc(N2C[C@H]3C=C[C@H]3C2=O)nc1CO)n1cc(NC(=O)c2cncc(-c3c(C(F)F)ccc(Cl)c3F)n2)cn1. The third kappa shape index (κ3) is 5.12. The quantitative estimate of drug-likeness (QED) is 0.281. The van der Waals surface area contributed by atoms with Crippen LogP contribution in [-0.4, -0.2) is 53.2 Å². The topological polar surface area (TPSA) is 139 Å². The van der Waals surface area contributed by atoms with Gasteiger partial charge in [0.05, 0.1) is 59.3 Å². The largest absolute Gasteiger partial charge is 0.390 e. The Morgan fingerprint density at radius 2 is 1.98 bits per heavy atom. The number of aromatic nitrogens is 6. The highest BCUT2D eigenvalue weighted by Gasteiger charge is 2.43. The Balaban J connectivity index is 1.19. The van der Waals surface area contributed by atoms with E-state index in [4.69, 9.17) is 11.6 Å². The van der Waals surface area contributed by atoms with Crippen LogP contribution in [-0.2, 0) is 11.4 Å². The van der Waals surface area contributed by atoms with Crippen molar-refractivity contribution in [3.8, 4) is 11.3 Å². The number of aliphatic hydroxyl groups excluding tert-OH is 1. The van der Waals surface area contributed by atoms with Gasteiger partial charge in [-0.25, -0.2) is 28.1 Å². The summed E-state index contributed by atoms with van der Waals surface area (Å²) in [6, 6.07) is 1.53. The van der Waals surface area contributed by atoms with Gasteiger partial charge in [0.25, 0.3) is 12.3 Å². The maximum atomic E-state index is 14.7. The minimum atomic E-state index is -3.02. The van der Waals surface area contributed by atoms with Crippen LogP contribution < -0.4 is 10.2 Å². The summed E-state index contributed by atoms with van der Waals surface area (Å²) in [6.45, 7) is 1.87. The molecular formula is C28H22ClF3N8O3. The van der Waals surface area contributed by atoms with Crippen molar-refractivity contribution >= 4 is 35.1 Å². The van der Waals surface area contributed by atoms with E-state index in [2.05, 4.69) is 30.4 Å². The van der Waals surface area contributed by atoms with Crippen molar-refractivity contribution in [3.05, 3.63) is 88.6 Å². The van der Waals surface area contributed by atoms with E-state index in [1.165, 1.54) is 28.2 Å². The Morgan fingerprint density at radius 3 is 2.65 bits per heavy atom. The smallest absolute Gasteiger partial charge is 0.275 e. The number of alkyl halides is 2. The number of halogens is 4. The van der Waals surface area contributed by atoms with Gasteiger partial charge >= 0.3 is 0 Å². The van der Waals surface area contributed by atoms with Crippen molar-refractivity contribution in [3.63, 3.8) is 0 Å². The molecule has 1 saturated heterocycles. The van der Waals surface area contributed by atoms with E-state index in [9.17, 15) is 27.9 Å². The van der Waals surface area contributed by atoms with Crippen molar-refractivity contribution in [1.29, 1.82) is 0 Å². The number of anilines is 2. The molecule has 0 radical (unpaired) electrons. The summed E-state index contributed by atoms with van der Waals surface area (Å²) in [4.78, 5) is 43.8. The lowest BCUT2D eigenvalue weighted by molar-refractivity contribution is -0.119. The number of nitrogens with zero attached hydrogens (tertiary/aromatic N) is 7. The highest BCUT2D eigenvalue weighted by atomic mass is 35.5. The minimum Gasteiger partial charge on any atom is -0.390 e. The van der Waals surface area contributed by atoms with E-state index < -0.39 is 41.9 Å². The van der Waals surface area contributed by atoms with E-state index >= 15 is 0 Å². The fourth-order valence-electron chi connectivity index (χ4n) is 5.06. The predicted octanol–water partition coefficient (Wildman–Crippen LogP) is 4.36. The van der Waals surface area contributed by atoms with Crippen LogP contribution in [0.5, 0.6) is 0 Å². The van der Waals surface area contributed by atoms with Crippen LogP contribution in [0.3, 0.4) is 0 Å². The second-order valence-corrected chi connectivity index (χ2v) is 10.4. The lowest BCUT2D eigenvalue weighted by atomic mass is 9.85. The maximum absolute atomic E-state index is 14.7. The van der Waals surface area contributed by atoms with Crippen molar-refractivity contribution in [2.45, 2.75) is 26.0 Å². The van der Waals surface area contributed by atoms with Crippen LogP contribution in [0.1, 0.15) is 46.7 Å². The van der Waals surface area contributed by atoms with Gasteiger partial charge in [0.2, 0.25) is 11.9 Å². The van der Waals surface area contributed by atoms with Gasteiger partial charge in [0.15, 0.2) is 5.82 Å². The zero-order valence-corrected chi connectivity index (χ0v) is 23.1. The first-order chi connectivity index (χ1) is 20.7. The molecule has 1 aromatic carbocycles. The number of hydrogen-bond donors (Lipinski definition) is 2. The lowest BCUT2D eigenvalue weighted by Gasteiger charge is -2.19. The summed E-state index contributed by atoms with van der Waals surface area (Å²) in [5, 5.41) is 16.5. The van der Waals surface area contributed by atoms with Crippen LogP contribution in [0.2, 0.25) is 5.02 Å². The van der Waals surface area contributed by atoms with Gasteiger partial charge < -0.3 is 10.4 Å². The number of benzene rings is 1. The van der Waals surface area contributed by atoms with Crippen LogP contribution >= 0.6 is 11.6 Å². The second kappa shape index (κ2) is 11.2. The maximum Gasteiger partial charge on any atom is 0.275 e. The zero-order valence-electron chi connectivity index (χ0n) is 22.3. The molecule has 0 saturated carbocycles. The Kier molecular flexibility index (Phi) is 7.40. The monoisotopic (exact) mass is 610 g/mol. The van der Waals surface area contributed by atoms with Crippen molar-refractivity contribution < 1.29 is 27.9 Å².